The molecule has 2 nitrogen and oxygen atoms in total. The number of hydrogen-bond donors (Lipinski definition) is 1. The molecule has 0 heterocycles. The number of carbonyl (C=O) groups is 1. The number of alkyl halides is 1. The first-order valence-electron chi connectivity index (χ1n) is 5.95. The molecule has 0 aromatic heterocycles. The van der Waals surface area contributed by atoms with Gasteiger partial charge in [0.25, 0.3) is 5.91 Å². The zero-order valence-electron chi connectivity index (χ0n) is 9.76. The average molecular weight is 335 g/mol. The summed E-state index contributed by atoms with van der Waals surface area (Å²) in [6.45, 7) is 0.516. The van der Waals surface area contributed by atoms with Crippen LogP contribution in [0.15, 0.2) is 22.7 Å². The quantitative estimate of drug-likeness (QED) is 0.839. The summed E-state index contributed by atoms with van der Waals surface area (Å²) in [6.07, 6.45) is 3.12. The van der Waals surface area contributed by atoms with Gasteiger partial charge in [0, 0.05) is 16.4 Å². The van der Waals surface area contributed by atoms with Crippen molar-refractivity contribution in [3.8, 4) is 0 Å². The fraction of sp³-hybridized carbons (Fsp3) is 0.462. The SMILES string of the molecule is O=C(NCC1CCCC1Cl)c1ccc(Br)cc1F. The summed E-state index contributed by atoms with van der Waals surface area (Å²) in [5.41, 5.74) is 0.0716. The molecule has 5 heteroatoms. The normalized spacial score (nSPS) is 23.1. The minimum absolute atomic E-state index is 0.0716. The molecule has 1 aliphatic carbocycles. The summed E-state index contributed by atoms with van der Waals surface area (Å²) in [5.74, 6) is -0.597. The first-order valence-corrected chi connectivity index (χ1v) is 7.18. The Kier molecular flexibility index (Phi) is 4.62. The van der Waals surface area contributed by atoms with Gasteiger partial charge in [-0.3, -0.25) is 4.79 Å². The third-order valence-electron chi connectivity index (χ3n) is 3.27. The largest absolute Gasteiger partial charge is 0.352 e. The minimum atomic E-state index is -0.518. The van der Waals surface area contributed by atoms with Crippen LogP contribution >= 0.6 is 27.5 Å². The predicted octanol–water partition coefficient (Wildman–Crippen LogP) is 3.73. The first-order chi connectivity index (χ1) is 8.58. The van der Waals surface area contributed by atoms with Gasteiger partial charge in [0.15, 0.2) is 0 Å². The van der Waals surface area contributed by atoms with Crippen molar-refractivity contribution in [2.45, 2.75) is 24.6 Å². The van der Waals surface area contributed by atoms with Crippen molar-refractivity contribution < 1.29 is 9.18 Å². The van der Waals surface area contributed by atoms with Crippen LogP contribution in [0.25, 0.3) is 0 Å². The molecule has 2 unspecified atom stereocenters. The van der Waals surface area contributed by atoms with Crippen molar-refractivity contribution >= 4 is 33.4 Å². The molecule has 98 valence electrons. The van der Waals surface area contributed by atoms with Gasteiger partial charge in [-0.25, -0.2) is 4.39 Å². The van der Waals surface area contributed by atoms with Crippen molar-refractivity contribution in [1.82, 2.24) is 5.32 Å². The van der Waals surface area contributed by atoms with Gasteiger partial charge in [0.1, 0.15) is 5.82 Å². The number of benzene rings is 1. The third kappa shape index (κ3) is 3.23. The van der Waals surface area contributed by atoms with Gasteiger partial charge in [-0.2, -0.15) is 0 Å². The topological polar surface area (TPSA) is 29.1 Å². The van der Waals surface area contributed by atoms with Crippen molar-refractivity contribution in [2.75, 3.05) is 6.54 Å². The molecule has 1 aromatic carbocycles. The molecule has 0 radical (unpaired) electrons. The second-order valence-corrected chi connectivity index (χ2v) is 6.02. The van der Waals surface area contributed by atoms with Gasteiger partial charge in [-0.15, -0.1) is 11.6 Å². The molecule has 1 amide bonds. The number of amides is 1. The number of nitrogens with one attached hydrogen (secondary N) is 1. The van der Waals surface area contributed by atoms with Crippen molar-refractivity contribution in [1.29, 1.82) is 0 Å². The van der Waals surface area contributed by atoms with Crippen molar-refractivity contribution in [2.24, 2.45) is 5.92 Å². The fourth-order valence-electron chi connectivity index (χ4n) is 2.21. The van der Waals surface area contributed by atoms with E-state index in [0.29, 0.717) is 16.9 Å². The number of hydrogen-bond acceptors (Lipinski definition) is 1. The van der Waals surface area contributed by atoms with Crippen LogP contribution in [0.5, 0.6) is 0 Å². The summed E-state index contributed by atoms with van der Waals surface area (Å²) >= 11 is 9.29. The molecular formula is C13H14BrClFNO. The Bertz CT molecular complexity index is 455. The number of rotatable bonds is 3. The average Bonchev–Trinajstić information content (AvgIpc) is 2.72. The minimum Gasteiger partial charge on any atom is -0.352 e. The molecule has 0 spiro atoms. The highest BCUT2D eigenvalue weighted by molar-refractivity contribution is 9.10. The molecular weight excluding hydrogens is 321 g/mol. The Morgan fingerprint density at radius 1 is 1.50 bits per heavy atom. The van der Waals surface area contributed by atoms with Gasteiger partial charge >= 0.3 is 0 Å². The van der Waals surface area contributed by atoms with Crippen LogP contribution in [0.2, 0.25) is 0 Å². The van der Waals surface area contributed by atoms with E-state index in [9.17, 15) is 9.18 Å². The van der Waals surface area contributed by atoms with Gasteiger partial charge in [-0.1, -0.05) is 22.4 Å². The molecule has 0 bridgehead atoms. The Labute approximate surface area is 119 Å². The van der Waals surface area contributed by atoms with Crippen LogP contribution in [0.4, 0.5) is 4.39 Å². The maximum Gasteiger partial charge on any atom is 0.254 e. The van der Waals surface area contributed by atoms with E-state index in [0.717, 1.165) is 19.3 Å². The predicted molar refractivity (Wildman–Crippen MR) is 73.4 cm³/mol. The maximum absolute atomic E-state index is 13.6. The smallest absolute Gasteiger partial charge is 0.254 e. The lowest BCUT2D eigenvalue weighted by atomic mass is 10.1. The lowest BCUT2D eigenvalue weighted by Crippen LogP contribution is -2.31. The summed E-state index contributed by atoms with van der Waals surface area (Å²) in [6, 6.07) is 4.41. The Hall–Kier alpha value is -0.610. The molecule has 1 N–H and O–H groups in total. The van der Waals surface area contributed by atoms with Gasteiger partial charge in [0.2, 0.25) is 0 Å². The van der Waals surface area contributed by atoms with E-state index in [1.165, 1.54) is 12.1 Å². The molecule has 2 rings (SSSR count). The standard InChI is InChI=1S/C13H14BrClFNO/c14-9-4-5-10(12(16)6-9)13(18)17-7-8-2-1-3-11(8)15/h4-6,8,11H,1-3,7H2,(H,17,18). The monoisotopic (exact) mass is 333 g/mol. The van der Waals surface area contributed by atoms with Crippen molar-refractivity contribution in [3.63, 3.8) is 0 Å². The van der Waals surface area contributed by atoms with Crippen LogP contribution in [0.3, 0.4) is 0 Å². The van der Waals surface area contributed by atoms with Gasteiger partial charge in [0.05, 0.1) is 5.56 Å². The van der Waals surface area contributed by atoms with E-state index in [2.05, 4.69) is 21.2 Å². The van der Waals surface area contributed by atoms with Crippen LogP contribution < -0.4 is 5.32 Å². The summed E-state index contributed by atoms with van der Waals surface area (Å²) < 4.78 is 14.2. The van der Waals surface area contributed by atoms with E-state index in [4.69, 9.17) is 11.6 Å². The van der Waals surface area contributed by atoms with E-state index < -0.39 is 5.82 Å². The van der Waals surface area contributed by atoms with E-state index >= 15 is 0 Å². The maximum atomic E-state index is 13.6. The summed E-state index contributed by atoms with van der Waals surface area (Å²) in [7, 11) is 0. The third-order valence-corrected chi connectivity index (χ3v) is 4.33. The lowest BCUT2D eigenvalue weighted by molar-refractivity contribution is 0.0943. The Morgan fingerprint density at radius 2 is 2.28 bits per heavy atom. The second kappa shape index (κ2) is 6.02. The van der Waals surface area contributed by atoms with E-state index in [1.54, 1.807) is 6.07 Å². The van der Waals surface area contributed by atoms with Gasteiger partial charge in [-0.05, 0) is 37.0 Å². The first kappa shape index (κ1) is 13.8. The zero-order chi connectivity index (χ0) is 13.1. The molecule has 1 aliphatic rings. The van der Waals surface area contributed by atoms with Gasteiger partial charge < -0.3 is 5.32 Å². The fourth-order valence-corrected chi connectivity index (χ4v) is 2.92. The summed E-state index contributed by atoms with van der Waals surface area (Å²) in [5, 5.41) is 2.88. The van der Waals surface area contributed by atoms with E-state index in [-0.39, 0.29) is 16.8 Å². The highest BCUT2D eigenvalue weighted by atomic mass is 79.9. The molecule has 0 aliphatic heterocycles. The van der Waals surface area contributed by atoms with Crippen LogP contribution in [-0.2, 0) is 0 Å². The summed E-state index contributed by atoms with van der Waals surface area (Å²) in [4.78, 5) is 11.8. The molecule has 1 fully saturated rings. The molecule has 0 saturated heterocycles. The Balaban J connectivity index is 1.95. The second-order valence-electron chi connectivity index (χ2n) is 4.54. The lowest BCUT2D eigenvalue weighted by Gasteiger charge is -2.14. The molecule has 2 atom stereocenters. The molecule has 1 aromatic rings. The van der Waals surface area contributed by atoms with Crippen LogP contribution in [0, 0.1) is 11.7 Å². The Morgan fingerprint density at radius 3 is 2.89 bits per heavy atom. The number of halogens is 3. The van der Waals surface area contributed by atoms with Crippen molar-refractivity contribution in [3.05, 3.63) is 34.1 Å². The molecule has 18 heavy (non-hydrogen) atoms. The molecule has 1 saturated carbocycles. The highest BCUT2D eigenvalue weighted by Gasteiger charge is 2.25. The zero-order valence-corrected chi connectivity index (χ0v) is 12.1. The number of carbonyl (C=O) groups excluding carboxylic acids is 1. The van der Waals surface area contributed by atoms with Crippen LogP contribution in [0.1, 0.15) is 29.6 Å². The highest BCUT2D eigenvalue weighted by Crippen LogP contribution is 2.29. The van der Waals surface area contributed by atoms with E-state index in [1.807, 2.05) is 0 Å². The van der Waals surface area contributed by atoms with Crippen LogP contribution in [-0.4, -0.2) is 17.8 Å².